The van der Waals surface area contributed by atoms with E-state index in [1.165, 1.54) is 33.2 Å². The molecule has 3 aromatic rings. The summed E-state index contributed by atoms with van der Waals surface area (Å²) in [7, 11) is -2.05. The Morgan fingerprint density at radius 3 is 2.56 bits per heavy atom. The molecule has 2 aliphatic rings. The first-order valence-electron chi connectivity index (χ1n) is 11.5. The maximum Gasteiger partial charge on any atom is 0.243 e. The number of hydrogen-bond donors (Lipinski definition) is 1. The van der Waals surface area contributed by atoms with E-state index < -0.39 is 10.0 Å². The van der Waals surface area contributed by atoms with E-state index in [0.717, 1.165) is 24.1 Å². The normalized spacial score (nSPS) is 16.9. The zero-order valence-corrected chi connectivity index (χ0v) is 20.6. The van der Waals surface area contributed by atoms with Crippen LogP contribution in [0.2, 0.25) is 0 Å². The number of nitrogens with zero attached hydrogens (tertiary/aromatic N) is 2. The van der Waals surface area contributed by atoms with Gasteiger partial charge in [-0.2, -0.15) is 4.31 Å². The van der Waals surface area contributed by atoms with Gasteiger partial charge in [0, 0.05) is 30.0 Å². The zero-order valence-electron chi connectivity index (χ0n) is 19.0. The largest absolute Gasteiger partial charge is 0.497 e. The number of thiazole rings is 1. The lowest BCUT2D eigenvalue weighted by molar-refractivity contribution is -0.120. The summed E-state index contributed by atoms with van der Waals surface area (Å²) in [4.78, 5) is 17.7. The van der Waals surface area contributed by atoms with Crippen molar-refractivity contribution in [1.29, 1.82) is 0 Å². The molecule has 0 saturated carbocycles. The molecule has 0 spiro atoms. The third-order valence-corrected chi connectivity index (χ3v) is 9.32. The predicted molar refractivity (Wildman–Crippen MR) is 133 cm³/mol. The molecule has 1 fully saturated rings. The van der Waals surface area contributed by atoms with Crippen molar-refractivity contribution in [3.63, 3.8) is 0 Å². The molecule has 34 heavy (non-hydrogen) atoms. The van der Waals surface area contributed by atoms with Crippen LogP contribution < -0.4 is 10.1 Å². The number of piperidine rings is 1. The van der Waals surface area contributed by atoms with Gasteiger partial charge in [0.15, 0.2) is 5.13 Å². The Labute approximate surface area is 203 Å². The Morgan fingerprint density at radius 2 is 1.82 bits per heavy atom. The molecule has 1 aromatic heterocycles. The van der Waals surface area contributed by atoms with Crippen LogP contribution in [0.15, 0.2) is 52.7 Å². The molecule has 1 N–H and O–H groups in total. The van der Waals surface area contributed by atoms with Gasteiger partial charge in [0.05, 0.1) is 17.7 Å². The summed E-state index contributed by atoms with van der Waals surface area (Å²) in [6.07, 6.45) is 4.42. The number of amides is 1. The van der Waals surface area contributed by atoms with Crippen molar-refractivity contribution in [1.82, 2.24) is 9.29 Å². The van der Waals surface area contributed by atoms with Gasteiger partial charge in [0.2, 0.25) is 15.9 Å². The molecule has 1 saturated heterocycles. The first-order valence-corrected chi connectivity index (χ1v) is 13.8. The fraction of sp³-hybridized carbons (Fsp3) is 0.360. The van der Waals surface area contributed by atoms with Gasteiger partial charge in [-0.05, 0) is 73.6 Å². The molecule has 1 amide bonds. The van der Waals surface area contributed by atoms with Crippen LogP contribution in [0, 0.1) is 5.92 Å². The van der Waals surface area contributed by atoms with Crippen LogP contribution >= 0.6 is 11.3 Å². The van der Waals surface area contributed by atoms with Gasteiger partial charge in [-0.25, -0.2) is 13.4 Å². The van der Waals surface area contributed by atoms with E-state index in [9.17, 15) is 13.2 Å². The number of ether oxygens (including phenoxy) is 1. The molecule has 1 aliphatic heterocycles. The summed E-state index contributed by atoms with van der Waals surface area (Å²) < 4.78 is 32.4. The second-order valence-corrected chi connectivity index (χ2v) is 11.5. The number of anilines is 1. The Kier molecular flexibility index (Phi) is 6.42. The molecule has 178 valence electrons. The van der Waals surface area contributed by atoms with Crippen molar-refractivity contribution in [2.75, 3.05) is 25.5 Å². The fourth-order valence-electron chi connectivity index (χ4n) is 4.66. The minimum atomic E-state index is -3.59. The molecule has 7 nitrogen and oxygen atoms in total. The second-order valence-electron chi connectivity index (χ2n) is 8.72. The number of nitrogens with one attached hydrogen (secondary N) is 1. The van der Waals surface area contributed by atoms with E-state index in [4.69, 9.17) is 4.74 Å². The van der Waals surface area contributed by atoms with Crippen molar-refractivity contribution >= 4 is 32.4 Å². The van der Waals surface area contributed by atoms with Crippen LogP contribution in [0.5, 0.6) is 5.75 Å². The van der Waals surface area contributed by atoms with E-state index in [0.29, 0.717) is 36.8 Å². The topological polar surface area (TPSA) is 88.6 Å². The molecule has 2 heterocycles. The Balaban J connectivity index is 1.19. The van der Waals surface area contributed by atoms with Crippen molar-refractivity contribution in [2.45, 2.75) is 37.0 Å². The number of rotatable bonds is 6. The molecule has 5 rings (SSSR count). The Hall–Kier alpha value is -2.75. The van der Waals surface area contributed by atoms with E-state index in [1.54, 1.807) is 31.4 Å². The molecular weight excluding hydrogens is 470 g/mol. The standard InChI is InChI=1S/C25H27N3O4S2/c1-32-21-7-9-22(10-8-21)34(30,31)28-13-11-18(12-14-28)24(29)27-25-26-23(16-33-25)20-6-5-17-3-2-4-19(17)15-20/h5-10,15-16,18H,2-4,11-14H2,1H3,(H,26,27,29). The summed E-state index contributed by atoms with van der Waals surface area (Å²) in [5.41, 5.74) is 4.77. The van der Waals surface area contributed by atoms with Gasteiger partial charge in [0.25, 0.3) is 0 Å². The summed E-state index contributed by atoms with van der Waals surface area (Å²) in [5.74, 6) is 0.266. The molecule has 2 aromatic carbocycles. The highest BCUT2D eigenvalue weighted by atomic mass is 32.2. The molecule has 1 aliphatic carbocycles. The van der Waals surface area contributed by atoms with Crippen LogP contribution in [-0.4, -0.2) is 43.8 Å². The number of carbonyl (C=O) groups excluding carboxylic acids is 1. The van der Waals surface area contributed by atoms with Crippen molar-refractivity contribution in [2.24, 2.45) is 5.92 Å². The first kappa shape index (κ1) is 23.0. The molecule has 0 radical (unpaired) electrons. The lowest BCUT2D eigenvalue weighted by Gasteiger charge is -2.30. The van der Waals surface area contributed by atoms with Gasteiger partial charge >= 0.3 is 0 Å². The van der Waals surface area contributed by atoms with Crippen molar-refractivity contribution < 1.29 is 17.9 Å². The van der Waals surface area contributed by atoms with Crippen molar-refractivity contribution in [3.05, 3.63) is 59.0 Å². The summed E-state index contributed by atoms with van der Waals surface area (Å²) in [6.45, 7) is 0.620. The smallest absolute Gasteiger partial charge is 0.243 e. The minimum Gasteiger partial charge on any atom is -0.497 e. The molecule has 0 unspecified atom stereocenters. The highest BCUT2D eigenvalue weighted by molar-refractivity contribution is 7.89. The number of methoxy groups -OCH3 is 1. The van der Waals surface area contributed by atoms with Crippen LogP contribution in [0.3, 0.4) is 0 Å². The highest BCUT2D eigenvalue weighted by Gasteiger charge is 2.32. The SMILES string of the molecule is COc1ccc(S(=O)(=O)N2CCC(C(=O)Nc3nc(-c4ccc5c(c4)CCC5)cs3)CC2)cc1. The lowest BCUT2D eigenvalue weighted by Crippen LogP contribution is -2.41. The number of benzene rings is 2. The number of sulfonamides is 1. The number of aromatic nitrogens is 1. The molecule has 9 heteroatoms. The number of aryl methyl sites for hydroxylation is 2. The van der Waals surface area contributed by atoms with Crippen LogP contribution in [-0.2, 0) is 27.7 Å². The number of fused-ring (bicyclic) bond motifs is 1. The summed E-state index contributed by atoms with van der Waals surface area (Å²) >= 11 is 1.42. The maximum absolute atomic E-state index is 12.9. The van der Waals surface area contributed by atoms with Crippen molar-refractivity contribution in [3.8, 4) is 17.0 Å². The van der Waals surface area contributed by atoms with E-state index in [2.05, 4.69) is 28.5 Å². The monoisotopic (exact) mass is 497 g/mol. The third kappa shape index (κ3) is 4.60. The maximum atomic E-state index is 12.9. The zero-order chi connectivity index (χ0) is 23.7. The van der Waals surface area contributed by atoms with Gasteiger partial charge in [-0.1, -0.05) is 12.1 Å². The van der Waals surface area contributed by atoms with Crippen LogP contribution in [0.4, 0.5) is 5.13 Å². The van der Waals surface area contributed by atoms with Gasteiger partial charge < -0.3 is 10.1 Å². The number of hydrogen-bond acceptors (Lipinski definition) is 6. The van der Waals surface area contributed by atoms with E-state index in [1.807, 2.05) is 5.38 Å². The lowest BCUT2D eigenvalue weighted by atomic mass is 9.97. The summed E-state index contributed by atoms with van der Waals surface area (Å²) in [5, 5.41) is 5.48. The second kappa shape index (κ2) is 9.48. The highest BCUT2D eigenvalue weighted by Crippen LogP contribution is 2.31. The quantitative estimate of drug-likeness (QED) is 0.547. The number of carbonyl (C=O) groups is 1. The predicted octanol–water partition coefficient (Wildman–Crippen LogP) is 4.35. The third-order valence-electron chi connectivity index (χ3n) is 6.65. The minimum absolute atomic E-state index is 0.101. The summed E-state index contributed by atoms with van der Waals surface area (Å²) in [6, 6.07) is 12.9. The van der Waals surface area contributed by atoms with E-state index in [-0.39, 0.29) is 16.7 Å². The Bertz CT molecular complexity index is 1290. The molecule has 0 bridgehead atoms. The first-order chi connectivity index (χ1) is 16.4. The molecular formula is C25H27N3O4S2. The van der Waals surface area contributed by atoms with Gasteiger partial charge in [-0.15, -0.1) is 11.3 Å². The van der Waals surface area contributed by atoms with Gasteiger partial charge in [-0.3, -0.25) is 4.79 Å². The van der Waals surface area contributed by atoms with Gasteiger partial charge in [0.1, 0.15) is 5.75 Å². The average molecular weight is 498 g/mol. The fourth-order valence-corrected chi connectivity index (χ4v) is 6.85. The van der Waals surface area contributed by atoms with Crippen LogP contribution in [0.25, 0.3) is 11.3 Å². The average Bonchev–Trinajstić information content (AvgIpc) is 3.53. The molecule has 0 atom stereocenters. The van der Waals surface area contributed by atoms with Crippen LogP contribution in [0.1, 0.15) is 30.4 Å². The van der Waals surface area contributed by atoms with E-state index >= 15 is 0 Å². The Morgan fingerprint density at radius 1 is 1.09 bits per heavy atom.